The third kappa shape index (κ3) is 3.73. The molecule has 27 heavy (non-hydrogen) atoms. The van der Waals surface area contributed by atoms with Crippen molar-refractivity contribution in [2.45, 2.75) is 33.0 Å². The van der Waals surface area contributed by atoms with Gasteiger partial charge in [0, 0.05) is 11.0 Å². The fraction of sp³-hybridized carbons (Fsp3) is 0.250. The molecule has 1 N–H and O–H groups in total. The molecule has 0 radical (unpaired) electrons. The first kappa shape index (κ1) is 19.1. The van der Waals surface area contributed by atoms with Crippen molar-refractivity contribution in [2.24, 2.45) is 0 Å². The largest absolute Gasteiger partial charge is 0.348 e. The maximum absolute atomic E-state index is 12.7. The van der Waals surface area contributed by atoms with Gasteiger partial charge < -0.3 is 5.32 Å². The number of benzene rings is 2. The highest BCUT2D eigenvalue weighted by Gasteiger charge is 2.16. The second-order valence-electron chi connectivity index (χ2n) is 6.25. The molecule has 140 valence electrons. The van der Waals surface area contributed by atoms with Gasteiger partial charge in [0.1, 0.15) is 6.54 Å². The van der Waals surface area contributed by atoms with E-state index in [-0.39, 0.29) is 30.6 Å². The fourth-order valence-electron chi connectivity index (χ4n) is 3.14. The van der Waals surface area contributed by atoms with E-state index in [0.717, 1.165) is 14.6 Å². The SMILES string of the molecule is CCn1c(=O)c2ccccc2n(CC(=O)NC(C)c2ccccc2Br)c1=O. The third-order valence-corrected chi connectivity index (χ3v) is 5.22. The predicted molar refractivity (Wildman–Crippen MR) is 109 cm³/mol. The lowest BCUT2D eigenvalue weighted by Crippen LogP contribution is -2.42. The van der Waals surface area contributed by atoms with E-state index < -0.39 is 5.69 Å². The van der Waals surface area contributed by atoms with Gasteiger partial charge in [0.05, 0.1) is 16.9 Å². The van der Waals surface area contributed by atoms with Crippen molar-refractivity contribution in [3.8, 4) is 0 Å². The van der Waals surface area contributed by atoms with Crippen LogP contribution >= 0.6 is 15.9 Å². The van der Waals surface area contributed by atoms with Gasteiger partial charge in [-0.2, -0.15) is 0 Å². The molecule has 0 aliphatic heterocycles. The molecule has 3 aromatic rings. The number of halogens is 1. The van der Waals surface area contributed by atoms with Crippen LogP contribution in [0.5, 0.6) is 0 Å². The summed E-state index contributed by atoms with van der Waals surface area (Å²) in [5, 5.41) is 3.34. The van der Waals surface area contributed by atoms with Crippen LogP contribution in [0, 0.1) is 0 Å². The Labute approximate surface area is 164 Å². The molecule has 2 aromatic carbocycles. The third-order valence-electron chi connectivity index (χ3n) is 4.50. The van der Waals surface area contributed by atoms with Crippen LogP contribution in [0.2, 0.25) is 0 Å². The van der Waals surface area contributed by atoms with E-state index in [4.69, 9.17) is 0 Å². The number of nitrogens with one attached hydrogen (secondary N) is 1. The van der Waals surface area contributed by atoms with Crippen molar-refractivity contribution in [3.63, 3.8) is 0 Å². The number of carbonyl (C=O) groups is 1. The topological polar surface area (TPSA) is 73.1 Å². The molecule has 0 aliphatic rings. The van der Waals surface area contributed by atoms with Gasteiger partial charge in [0.2, 0.25) is 5.91 Å². The summed E-state index contributed by atoms with van der Waals surface area (Å²) >= 11 is 3.48. The summed E-state index contributed by atoms with van der Waals surface area (Å²) in [4.78, 5) is 37.8. The molecule has 1 heterocycles. The van der Waals surface area contributed by atoms with Crippen LogP contribution < -0.4 is 16.6 Å². The minimum Gasteiger partial charge on any atom is -0.348 e. The molecule has 0 spiro atoms. The van der Waals surface area contributed by atoms with E-state index in [0.29, 0.717) is 10.9 Å². The molecule has 0 saturated carbocycles. The zero-order valence-corrected chi connectivity index (χ0v) is 16.7. The molecule has 3 rings (SSSR count). The molecule has 7 heteroatoms. The highest BCUT2D eigenvalue weighted by Crippen LogP contribution is 2.22. The Balaban J connectivity index is 1.95. The molecule has 1 aromatic heterocycles. The second kappa shape index (κ2) is 7.92. The highest BCUT2D eigenvalue weighted by molar-refractivity contribution is 9.10. The van der Waals surface area contributed by atoms with Crippen LogP contribution in [-0.4, -0.2) is 15.0 Å². The van der Waals surface area contributed by atoms with Gasteiger partial charge in [-0.3, -0.25) is 18.7 Å². The standard InChI is InChI=1S/C20H20BrN3O3/c1-3-23-19(26)15-9-5-7-11-17(15)24(20(23)27)12-18(25)22-13(2)14-8-4-6-10-16(14)21/h4-11,13H,3,12H2,1-2H3,(H,22,25). The minimum atomic E-state index is -0.482. The maximum Gasteiger partial charge on any atom is 0.331 e. The van der Waals surface area contributed by atoms with Crippen molar-refractivity contribution >= 4 is 32.7 Å². The van der Waals surface area contributed by atoms with E-state index in [2.05, 4.69) is 21.2 Å². The van der Waals surface area contributed by atoms with Gasteiger partial charge in [-0.25, -0.2) is 4.79 Å². The van der Waals surface area contributed by atoms with Gasteiger partial charge in [-0.05, 0) is 37.6 Å². The Morgan fingerprint density at radius 3 is 2.44 bits per heavy atom. The molecular weight excluding hydrogens is 410 g/mol. The Hall–Kier alpha value is -2.67. The Bertz CT molecular complexity index is 1120. The number of hydrogen-bond acceptors (Lipinski definition) is 3. The number of carbonyl (C=O) groups excluding carboxylic acids is 1. The quantitative estimate of drug-likeness (QED) is 0.677. The van der Waals surface area contributed by atoms with E-state index in [1.165, 1.54) is 4.57 Å². The summed E-state index contributed by atoms with van der Waals surface area (Å²) < 4.78 is 3.40. The summed E-state index contributed by atoms with van der Waals surface area (Å²) in [7, 11) is 0. The Kier molecular flexibility index (Phi) is 5.60. The summed E-state index contributed by atoms with van der Waals surface area (Å²) in [6.45, 7) is 3.70. The predicted octanol–water partition coefficient (Wildman–Crippen LogP) is 2.82. The summed E-state index contributed by atoms with van der Waals surface area (Å²) in [5.74, 6) is -0.299. The number of fused-ring (bicyclic) bond motifs is 1. The van der Waals surface area contributed by atoms with Gasteiger partial charge in [-0.15, -0.1) is 0 Å². The van der Waals surface area contributed by atoms with Crippen molar-refractivity contribution < 1.29 is 4.79 Å². The van der Waals surface area contributed by atoms with Gasteiger partial charge >= 0.3 is 5.69 Å². The molecule has 0 saturated heterocycles. The zero-order valence-electron chi connectivity index (χ0n) is 15.1. The van der Waals surface area contributed by atoms with E-state index in [1.54, 1.807) is 31.2 Å². The maximum atomic E-state index is 12.7. The first-order chi connectivity index (χ1) is 12.9. The van der Waals surface area contributed by atoms with Crippen molar-refractivity contribution in [1.82, 2.24) is 14.5 Å². The number of aromatic nitrogens is 2. The van der Waals surface area contributed by atoms with E-state index >= 15 is 0 Å². The Morgan fingerprint density at radius 1 is 1.07 bits per heavy atom. The molecule has 0 fully saturated rings. The molecule has 0 bridgehead atoms. The average Bonchev–Trinajstić information content (AvgIpc) is 2.66. The summed E-state index contributed by atoms with van der Waals surface area (Å²) in [6.07, 6.45) is 0. The van der Waals surface area contributed by atoms with Crippen molar-refractivity contribution in [2.75, 3.05) is 0 Å². The van der Waals surface area contributed by atoms with Crippen molar-refractivity contribution in [3.05, 3.63) is 79.4 Å². The van der Waals surface area contributed by atoms with Crippen molar-refractivity contribution in [1.29, 1.82) is 0 Å². The smallest absolute Gasteiger partial charge is 0.331 e. The fourth-order valence-corrected chi connectivity index (χ4v) is 3.77. The van der Waals surface area contributed by atoms with Crippen LogP contribution in [0.25, 0.3) is 10.9 Å². The number of nitrogens with zero attached hydrogens (tertiary/aromatic N) is 2. The lowest BCUT2D eigenvalue weighted by Gasteiger charge is -2.17. The number of para-hydroxylation sites is 1. The number of amides is 1. The molecule has 1 amide bonds. The van der Waals surface area contributed by atoms with Gasteiger partial charge in [0.25, 0.3) is 5.56 Å². The van der Waals surface area contributed by atoms with Crippen LogP contribution in [-0.2, 0) is 17.9 Å². The monoisotopic (exact) mass is 429 g/mol. The lowest BCUT2D eigenvalue weighted by atomic mass is 10.1. The molecule has 1 atom stereocenters. The lowest BCUT2D eigenvalue weighted by molar-refractivity contribution is -0.122. The van der Waals surface area contributed by atoms with Crippen LogP contribution in [0.3, 0.4) is 0 Å². The first-order valence-electron chi connectivity index (χ1n) is 8.70. The van der Waals surface area contributed by atoms with Gasteiger partial charge in [0.15, 0.2) is 0 Å². The highest BCUT2D eigenvalue weighted by atomic mass is 79.9. The summed E-state index contributed by atoms with van der Waals surface area (Å²) in [5.41, 5.74) is 0.587. The van der Waals surface area contributed by atoms with Crippen LogP contribution in [0.4, 0.5) is 0 Å². The molecule has 0 aliphatic carbocycles. The number of hydrogen-bond donors (Lipinski definition) is 1. The molecule has 6 nitrogen and oxygen atoms in total. The van der Waals surface area contributed by atoms with Gasteiger partial charge in [-0.1, -0.05) is 46.3 Å². The Morgan fingerprint density at radius 2 is 1.74 bits per heavy atom. The van der Waals surface area contributed by atoms with E-state index in [1.807, 2.05) is 31.2 Å². The molecule has 1 unspecified atom stereocenters. The number of rotatable bonds is 5. The van der Waals surface area contributed by atoms with E-state index in [9.17, 15) is 14.4 Å². The average molecular weight is 430 g/mol. The van der Waals surface area contributed by atoms with Crippen LogP contribution in [0.15, 0.2) is 62.6 Å². The second-order valence-corrected chi connectivity index (χ2v) is 7.10. The van der Waals surface area contributed by atoms with Crippen LogP contribution in [0.1, 0.15) is 25.5 Å². The minimum absolute atomic E-state index is 0.158. The molecular formula is C20H20BrN3O3. The summed E-state index contributed by atoms with van der Waals surface area (Å²) in [6, 6.07) is 14.3. The zero-order chi connectivity index (χ0) is 19.6. The first-order valence-corrected chi connectivity index (χ1v) is 9.49. The normalized spacial score (nSPS) is 12.1.